The van der Waals surface area contributed by atoms with Crippen LogP contribution in [0.15, 0.2) is 42.7 Å². The molecule has 1 saturated heterocycles. The van der Waals surface area contributed by atoms with Crippen molar-refractivity contribution in [2.45, 2.75) is 76.9 Å². The van der Waals surface area contributed by atoms with E-state index in [1.54, 1.807) is 16.6 Å². The molecule has 2 amide bonds. The minimum absolute atomic E-state index is 0.0575. The quantitative estimate of drug-likeness (QED) is 0.261. The van der Waals surface area contributed by atoms with Gasteiger partial charge in [0.25, 0.3) is 0 Å². The van der Waals surface area contributed by atoms with Gasteiger partial charge in [-0.2, -0.15) is 5.10 Å². The number of urea groups is 1. The van der Waals surface area contributed by atoms with Crippen molar-refractivity contribution in [2.24, 2.45) is 0 Å². The lowest BCUT2D eigenvalue weighted by molar-refractivity contribution is -0.0186. The molecule has 0 radical (unpaired) electrons. The number of amides is 2. The van der Waals surface area contributed by atoms with E-state index in [4.69, 9.17) is 10.5 Å². The van der Waals surface area contributed by atoms with Gasteiger partial charge in [-0.25, -0.2) is 14.3 Å². The SMILES string of the molecule is CC(C)N(CCCNC(=O)Nc1ccc(C(C)(C)C)cc1)CC1OC(c2ccc3c(N)ncnn23)C(O)C1O. The minimum atomic E-state index is -1.11. The fourth-order valence-electron chi connectivity index (χ4n) is 4.84. The van der Waals surface area contributed by atoms with Crippen LogP contribution in [-0.4, -0.2) is 79.7 Å². The van der Waals surface area contributed by atoms with E-state index in [9.17, 15) is 15.0 Å². The van der Waals surface area contributed by atoms with Crippen molar-refractivity contribution in [3.8, 4) is 0 Å². The number of aliphatic hydroxyl groups excluding tert-OH is 2. The van der Waals surface area contributed by atoms with Crippen LogP contribution in [0.3, 0.4) is 0 Å². The van der Waals surface area contributed by atoms with Gasteiger partial charge in [-0.3, -0.25) is 4.90 Å². The lowest BCUT2D eigenvalue weighted by Gasteiger charge is -2.30. The Morgan fingerprint density at radius 2 is 1.87 bits per heavy atom. The van der Waals surface area contributed by atoms with Gasteiger partial charge in [0.15, 0.2) is 5.82 Å². The number of nitrogens with one attached hydrogen (secondary N) is 2. The summed E-state index contributed by atoms with van der Waals surface area (Å²) in [6.45, 7) is 12.2. The molecule has 39 heavy (non-hydrogen) atoms. The first-order valence-corrected chi connectivity index (χ1v) is 13.4. The second-order valence-corrected chi connectivity index (χ2v) is 11.4. The largest absolute Gasteiger partial charge is 0.388 e. The fraction of sp³-hybridized carbons (Fsp3) is 0.536. The molecule has 3 heterocycles. The number of nitrogens with two attached hydrogens (primary N) is 1. The number of aliphatic hydroxyl groups is 2. The van der Waals surface area contributed by atoms with Gasteiger partial charge in [-0.15, -0.1) is 0 Å². The molecule has 4 rings (SSSR count). The molecule has 0 saturated carbocycles. The highest BCUT2D eigenvalue weighted by molar-refractivity contribution is 5.89. The molecule has 1 aliphatic rings. The molecule has 0 spiro atoms. The van der Waals surface area contributed by atoms with Crippen LogP contribution in [-0.2, 0) is 10.2 Å². The summed E-state index contributed by atoms with van der Waals surface area (Å²) in [5.74, 6) is 0.326. The Morgan fingerprint density at radius 3 is 2.54 bits per heavy atom. The summed E-state index contributed by atoms with van der Waals surface area (Å²) in [7, 11) is 0. The number of ether oxygens (including phenoxy) is 1. The number of hydrogen-bond acceptors (Lipinski definition) is 8. The lowest BCUT2D eigenvalue weighted by Crippen LogP contribution is -2.44. The van der Waals surface area contributed by atoms with Gasteiger partial charge in [0.2, 0.25) is 0 Å². The number of carbonyl (C=O) groups is 1. The number of nitrogen functional groups attached to an aromatic ring is 1. The maximum absolute atomic E-state index is 12.4. The van der Waals surface area contributed by atoms with Crippen molar-refractivity contribution in [1.82, 2.24) is 24.8 Å². The van der Waals surface area contributed by atoms with Gasteiger partial charge in [0.1, 0.15) is 30.2 Å². The Bertz CT molecular complexity index is 1260. The smallest absolute Gasteiger partial charge is 0.319 e. The Balaban J connectivity index is 1.27. The highest BCUT2D eigenvalue weighted by Crippen LogP contribution is 2.35. The van der Waals surface area contributed by atoms with Crippen molar-refractivity contribution in [3.63, 3.8) is 0 Å². The van der Waals surface area contributed by atoms with Crippen LogP contribution in [0.1, 0.15) is 58.4 Å². The minimum Gasteiger partial charge on any atom is -0.388 e. The maximum atomic E-state index is 12.4. The fourth-order valence-corrected chi connectivity index (χ4v) is 4.84. The third-order valence-corrected chi connectivity index (χ3v) is 7.23. The zero-order valence-corrected chi connectivity index (χ0v) is 23.3. The number of benzene rings is 1. The second kappa shape index (κ2) is 11.9. The monoisotopic (exact) mass is 539 g/mol. The molecule has 212 valence electrons. The average Bonchev–Trinajstić information content (AvgIpc) is 3.42. The first-order chi connectivity index (χ1) is 18.5. The van der Waals surface area contributed by atoms with Crippen LogP contribution < -0.4 is 16.4 Å². The van der Waals surface area contributed by atoms with E-state index in [0.29, 0.717) is 43.1 Å². The predicted octanol–water partition coefficient (Wildman–Crippen LogP) is 2.69. The van der Waals surface area contributed by atoms with Crippen LogP contribution in [0.2, 0.25) is 0 Å². The molecule has 0 bridgehead atoms. The molecule has 6 N–H and O–H groups in total. The maximum Gasteiger partial charge on any atom is 0.319 e. The summed E-state index contributed by atoms with van der Waals surface area (Å²) in [5, 5.41) is 31.6. The van der Waals surface area contributed by atoms with Crippen LogP contribution >= 0.6 is 0 Å². The zero-order valence-electron chi connectivity index (χ0n) is 23.3. The van der Waals surface area contributed by atoms with E-state index in [1.807, 2.05) is 24.3 Å². The first kappa shape index (κ1) is 28.8. The number of aromatic nitrogens is 3. The van der Waals surface area contributed by atoms with E-state index in [2.05, 4.69) is 60.2 Å². The van der Waals surface area contributed by atoms with Gasteiger partial charge in [0.05, 0.1) is 11.8 Å². The number of nitrogens with zero attached hydrogens (tertiary/aromatic N) is 4. The molecular formula is C28H41N7O4. The van der Waals surface area contributed by atoms with Crippen LogP contribution in [0.4, 0.5) is 16.3 Å². The number of fused-ring (bicyclic) bond motifs is 1. The van der Waals surface area contributed by atoms with Crippen molar-refractivity contribution in [1.29, 1.82) is 0 Å². The summed E-state index contributed by atoms with van der Waals surface area (Å²) in [5.41, 5.74) is 9.16. The van der Waals surface area contributed by atoms with E-state index < -0.39 is 24.4 Å². The Morgan fingerprint density at radius 1 is 1.15 bits per heavy atom. The lowest BCUT2D eigenvalue weighted by atomic mass is 9.87. The second-order valence-electron chi connectivity index (χ2n) is 11.4. The standard InChI is InChI=1S/C28H41N7O4/c1-17(2)34(14-6-13-30-27(38)33-19-9-7-18(8-10-19)28(3,4)5)15-22-23(36)24(37)25(39-22)20-11-12-21-26(29)31-16-32-35(20)21/h7-12,16-17,22-25,36-37H,6,13-15H2,1-5H3,(H2,29,31,32)(H2,30,33,38). The van der Waals surface area contributed by atoms with E-state index in [1.165, 1.54) is 11.9 Å². The number of anilines is 2. The van der Waals surface area contributed by atoms with Crippen molar-refractivity contribution < 1.29 is 19.7 Å². The van der Waals surface area contributed by atoms with Gasteiger partial charge >= 0.3 is 6.03 Å². The number of hydrogen-bond donors (Lipinski definition) is 5. The highest BCUT2D eigenvalue weighted by atomic mass is 16.5. The number of rotatable bonds is 9. The Hall–Kier alpha value is -3.25. The summed E-state index contributed by atoms with van der Waals surface area (Å²) in [4.78, 5) is 18.5. The molecule has 4 atom stereocenters. The molecule has 11 nitrogen and oxygen atoms in total. The summed E-state index contributed by atoms with van der Waals surface area (Å²) in [6, 6.07) is 11.3. The van der Waals surface area contributed by atoms with Gasteiger partial charge in [-0.05, 0) is 55.5 Å². The third kappa shape index (κ3) is 6.67. The zero-order chi connectivity index (χ0) is 28.3. The summed E-state index contributed by atoms with van der Waals surface area (Å²) < 4.78 is 7.74. The molecule has 1 aromatic carbocycles. The molecular weight excluding hydrogens is 498 g/mol. The summed E-state index contributed by atoms with van der Waals surface area (Å²) in [6.07, 6.45) is -1.46. The van der Waals surface area contributed by atoms with Crippen molar-refractivity contribution >= 4 is 23.1 Å². The Labute approximate surface area is 229 Å². The molecule has 4 unspecified atom stereocenters. The van der Waals surface area contributed by atoms with E-state index >= 15 is 0 Å². The number of carbonyl (C=O) groups excluding carboxylic acids is 1. The van der Waals surface area contributed by atoms with Gasteiger partial charge < -0.3 is 31.3 Å². The molecule has 3 aromatic rings. The predicted molar refractivity (Wildman–Crippen MR) is 151 cm³/mol. The first-order valence-electron chi connectivity index (χ1n) is 13.4. The molecule has 1 aliphatic heterocycles. The van der Waals surface area contributed by atoms with E-state index in [-0.39, 0.29) is 17.5 Å². The highest BCUT2D eigenvalue weighted by Gasteiger charge is 2.45. The molecule has 1 fully saturated rings. The van der Waals surface area contributed by atoms with E-state index in [0.717, 1.165) is 5.69 Å². The van der Waals surface area contributed by atoms with Crippen LogP contribution in [0.25, 0.3) is 5.52 Å². The molecule has 11 heteroatoms. The Kier molecular flexibility index (Phi) is 8.75. The molecule has 0 aliphatic carbocycles. The van der Waals surface area contributed by atoms with Gasteiger partial charge in [-0.1, -0.05) is 32.9 Å². The van der Waals surface area contributed by atoms with Crippen LogP contribution in [0.5, 0.6) is 0 Å². The van der Waals surface area contributed by atoms with Crippen molar-refractivity contribution in [3.05, 3.63) is 54.0 Å². The summed E-state index contributed by atoms with van der Waals surface area (Å²) >= 11 is 0. The molecule has 2 aromatic heterocycles. The van der Waals surface area contributed by atoms with Crippen LogP contribution in [0, 0.1) is 0 Å². The normalized spacial score (nSPS) is 21.7. The topological polar surface area (TPSA) is 150 Å². The average molecular weight is 540 g/mol. The third-order valence-electron chi connectivity index (χ3n) is 7.23. The van der Waals surface area contributed by atoms with Gasteiger partial charge in [0, 0.05) is 31.4 Å². The van der Waals surface area contributed by atoms with Crippen molar-refractivity contribution in [2.75, 3.05) is 30.7 Å².